The maximum atomic E-state index is 11.0. The number of hydrogen-bond acceptors (Lipinski definition) is 7. The topological polar surface area (TPSA) is 130 Å². The quantitative estimate of drug-likeness (QED) is 0.651. The highest BCUT2D eigenvalue weighted by molar-refractivity contribution is 7.99. The largest absolute Gasteiger partial charge is 0.508 e. The van der Waals surface area contributed by atoms with E-state index in [4.69, 9.17) is 15.9 Å². The number of phenolic OH excluding ortho intramolecular Hbond substituents is 1. The lowest BCUT2D eigenvalue weighted by atomic mass is 10.1. The Morgan fingerprint density at radius 2 is 1.96 bits per heavy atom. The molecule has 1 heterocycles. The van der Waals surface area contributed by atoms with Crippen molar-refractivity contribution in [3.05, 3.63) is 29.8 Å². The Labute approximate surface area is 149 Å². The van der Waals surface area contributed by atoms with Gasteiger partial charge < -0.3 is 25.6 Å². The monoisotopic (exact) mass is 370 g/mol. The number of carbonyl (C=O) groups excluding carboxylic acids is 2. The van der Waals surface area contributed by atoms with Crippen LogP contribution in [0.2, 0.25) is 0 Å². The van der Waals surface area contributed by atoms with Crippen molar-refractivity contribution in [2.75, 3.05) is 18.7 Å². The smallest absolute Gasteiger partial charge is 0.327 e. The SMILES string of the molecule is CC(=O)N1CSC[C@@H]1C(=O)O.COC(=O)[C@@H](N)Cc1ccc(O)cc1. The number of ether oxygens (including phenoxy) is 1. The fourth-order valence-electron chi connectivity index (χ4n) is 2.08. The molecule has 1 fully saturated rings. The number of aromatic hydroxyl groups is 1. The molecule has 1 aromatic rings. The van der Waals surface area contributed by atoms with Crippen molar-refractivity contribution >= 4 is 29.6 Å². The van der Waals surface area contributed by atoms with E-state index in [0.717, 1.165) is 5.56 Å². The van der Waals surface area contributed by atoms with E-state index < -0.39 is 24.0 Å². The molecule has 2 rings (SSSR count). The van der Waals surface area contributed by atoms with Crippen molar-refractivity contribution in [1.82, 2.24) is 4.90 Å². The number of methoxy groups -OCH3 is 1. The van der Waals surface area contributed by atoms with Gasteiger partial charge in [0.1, 0.15) is 17.8 Å². The van der Waals surface area contributed by atoms with Gasteiger partial charge in [-0.2, -0.15) is 0 Å². The number of carboxylic acid groups (broad SMARTS) is 1. The molecule has 0 aromatic heterocycles. The minimum absolute atomic E-state index is 0.164. The summed E-state index contributed by atoms with van der Waals surface area (Å²) in [5.41, 5.74) is 6.45. The Hall–Kier alpha value is -2.26. The summed E-state index contributed by atoms with van der Waals surface area (Å²) in [6.07, 6.45) is 0.410. The van der Waals surface area contributed by atoms with E-state index >= 15 is 0 Å². The number of phenols is 1. The van der Waals surface area contributed by atoms with E-state index in [1.54, 1.807) is 24.3 Å². The standard InChI is InChI=1S/C10H13NO3.C6H9NO3S/c1-14-10(13)9(11)6-7-2-4-8(12)5-3-7;1-4(8)7-3-11-2-5(7)6(9)10/h2-5,9,12H,6,11H2,1H3;5H,2-3H2,1H3,(H,9,10)/t9-;5-/m01/s1. The van der Waals surface area contributed by atoms with E-state index in [2.05, 4.69) is 4.74 Å². The molecular weight excluding hydrogens is 348 g/mol. The summed E-state index contributed by atoms with van der Waals surface area (Å²) in [7, 11) is 1.30. The first-order valence-corrected chi connectivity index (χ1v) is 8.60. The second-order valence-corrected chi connectivity index (χ2v) is 6.34. The van der Waals surface area contributed by atoms with Crippen molar-refractivity contribution in [3.63, 3.8) is 0 Å². The van der Waals surface area contributed by atoms with E-state index in [9.17, 15) is 14.4 Å². The van der Waals surface area contributed by atoms with Crippen LogP contribution in [0, 0.1) is 0 Å². The number of amides is 1. The molecule has 0 unspecified atom stereocenters. The average Bonchev–Trinajstić information content (AvgIpc) is 3.07. The minimum atomic E-state index is -0.912. The van der Waals surface area contributed by atoms with Gasteiger partial charge in [-0.05, 0) is 24.1 Å². The summed E-state index contributed by atoms with van der Waals surface area (Å²) in [5.74, 6) is -0.299. The third-order valence-electron chi connectivity index (χ3n) is 3.47. The summed E-state index contributed by atoms with van der Waals surface area (Å²) in [6, 6.07) is 5.29. The van der Waals surface area contributed by atoms with E-state index in [1.165, 1.54) is 30.7 Å². The maximum Gasteiger partial charge on any atom is 0.327 e. The van der Waals surface area contributed by atoms with Gasteiger partial charge in [0.2, 0.25) is 5.91 Å². The molecule has 0 aliphatic carbocycles. The van der Waals surface area contributed by atoms with Crippen LogP contribution in [0.1, 0.15) is 12.5 Å². The molecule has 0 spiro atoms. The molecule has 138 valence electrons. The molecule has 25 heavy (non-hydrogen) atoms. The number of benzene rings is 1. The first kappa shape index (κ1) is 20.8. The normalized spacial score (nSPS) is 17.2. The summed E-state index contributed by atoms with van der Waals surface area (Å²) < 4.78 is 4.49. The number of carboxylic acids is 1. The number of carbonyl (C=O) groups is 3. The molecule has 1 amide bonds. The van der Waals surface area contributed by atoms with Crippen LogP contribution >= 0.6 is 11.8 Å². The Balaban J connectivity index is 0.000000257. The number of nitrogens with two attached hydrogens (primary N) is 1. The van der Waals surface area contributed by atoms with Gasteiger partial charge in [0.05, 0.1) is 13.0 Å². The summed E-state index contributed by atoms with van der Waals surface area (Å²) in [5, 5.41) is 17.6. The molecule has 4 N–H and O–H groups in total. The molecular formula is C16H22N2O6S. The van der Waals surface area contributed by atoms with Crippen molar-refractivity contribution in [3.8, 4) is 5.75 Å². The number of nitrogens with zero attached hydrogens (tertiary/aromatic N) is 1. The van der Waals surface area contributed by atoms with Gasteiger partial charge in [-0.1, -0.05) is 12.1 Å². The highest BCUT2D eigenvalue weighted by Gasteiger charge is 2.32. The maximum absolute atomic E-state index is 11.0. The minimum Gasteiger partial charge on any atom is -0.508 e. The Morgan fingerprint density at radius 3 is 2.40 bits per heavy atom. The number of rotatable bonds is 4. The highest BCUT2D eigenvalue weighted by atomic mass is 32.2. The second-order valence-electron chi connectivity index (χ2n) is 5.34. The number of aliphatic carboxylic acids is 1. The summed E-state index contributed by atoms with van der Waals surface area (Å²) in [6.45, 7) is 1.39. The molecule has 1 aliphatic rings. The van der Waals surface area contributed by atoms with Gasteiger partial charge in [0, 0.05) is 12.7 Å². The van der Waals surface area contributed by atoms with Crippen molar-refractivity contribution in [1.29, 1.82) is 0 Å². The molecule has 1 saturated heterocycles. The van der Waals surface area contributed by atoms with Crippen LogP contribution in [0.15, 0.2) is 24.3 Å². The predicted molar refractivity (Wildman–Crippen MR) is 93.1 cm³/mol. The van der Waals surface area contributed by atoms with Crippen LogP contribution in [0.5, 0.6) is 5.75 Å². The zero-order valence-electron chi connectivity index (χ0n) is 14.0. The predicted octanol–water partition coefficient (Wildman–Crippen LogP) is 0.427. The molecule has 9 heteroatoms. The molecule has 0 bridgehead atoms. The Morgan fingerprint density at radius 1 is 1.36 bits per heavy atom. The van der Waals surface area contributed by atoms with Gasteiger partial charge >= 0.3 is 11.9 Å². The van der Waals surface area contributed by atoms with Crippen molar-refractivity contribution < 1.29 is 29.3 Å². The van der Waals surface area contributed by atoms with Crippen LogP contribution in [0.25, 0.3) is 0 Å². The lowest BCUT2D eigenvalue weighted by Crippen LogP contribution is -2.40. The molecule has 2 atom stereocenters. The lowest BCUT2D eigenvalue weighted by molar-refractivity contribution is -0.147. The fourth-order valence-corrected chi connectivity index (χ4v) is 3.29. The number of esters is 1. The Kier molecular flexibility index (Phi) is 8.23. The van der Waals surface area contributed by atoms with Crippen LogP contribution < -0.4 is 5.73 Å². The van der Waals surface area contributed by atoms with Gasteiger partial charge in [0.25, 0.3) is 0 Å². The number of thioether (sulfide) groups is 1. The molecule has 8 nitrogen and oxygen atoms in total. The van der Waals surface area contributed by atoms with Crippen molar-refractivity contribution in [2.45, 2.75) is 25.4 Å². The van der Waals surface area contributed by atoms with Crippen LogP contribution in [0.3, 0.4) is 0 Å². The van der Waals surface area contributed by atoms with Crippen LogP contribution in [-0.4, -0.2) is 63.8 Å². The van der Waals surface area contributed by atoms with Gasteiger partial charge in [-0.3, -0.25) is 9.59 Å². The third-order valence-corrected chi connectivity index (χ3v) is 4.48. The first-order valence-electron chi connectivity index (χ1n) is 7.45. The van der Waals surface area contributed by atoms with Gasteiger partial charge in [-0.15, -0.1) is 11.8 Å². The van der Waals surface area contributed by atoms with Crippen LogP contribution in [0.4, 0.5) is 0 Å². The molecule has 1 aliphatic heterocycles. The fraction of sp³-hybridized carbons (Fsp3) is 0.438. The zero-order valence-corrected chi connectivity index (χ0v) is 14.9. The average molecular weight is 370 g/mol. The summed E-state index contributed by atoms with van der Waals surface area (Å²) >= 11 is 1.47. The molecule has 1 aromatic carbocycles. The lowest BCUT2D eigenvalue weighted by Gasteiger charge is -2.17. The van der Waals surface area contributed by atoms with E-state index in [-0.39, 0.29) is 11.7 Å². The second kappa shape index (κ2) is 9.90. The molecule has 0 radical (unpaired) electrons. The molecule has 0 saturated carbocycles. The number of hydrogen-bond donors (Lipinski definition) is 3. The van der Waals surface area contributed by atoms with Crippen LogP contribution in [-0.2, 0) is 25.5 Å². The highest BCUT2D eigenvalue weighted by Crippen LogP contribution is 2.20. The van der Waals surface area contributed by atoms with Gasteiger partial charge in [-0.25, -0.2) is 4.79 Å². The first-order chi connectivity index (χ1) is 11.8. The van der Waals surface area contributed by atoms with E-state index in [1.807, 2.05) is 0 Å². The zero-order chi connectivity index (χ0) is 19.0. The van der Waals surface area contributed by atoms with E-state index in [0.29, 0.717) is 18.1 Å². The summed E-state index contributed by atoms with van der Waals surface area (Å²) in [4.78, 5) is 33.7. The third kappa shape index (κ3) is 6.63. The Bertz CT molecular complexity index is 587. The van der Waals surface area contributed by atoms with Gasteiger partial charge in [0.15, 0.2) is 0 Å². The van der Waals surface area contributed by atoms with Crippen molar-refractivity contribution in [2.24, 2.45) is 5.73 Å².